The molecule has 2 unspecified atom stereocenters. The number of ether oxygens (including phenoxy) is 1. The Balaban J connectivity index is 2.49. The summed E-state index contributed by atoms with van der Waals surface area (Å²) in [5.74, 6) is -0.335. The van der Waals surface area contributed by atoms with Crippen molar-refractivity contribution in [3.8, 4) is 5.75 Å². The molecule has 0 fully saturated rings. The first-order chi connectivity index (χ1) is 10.2. The number of benzene rings is 1. The minimum Gasteiger partial charge on any atom is -0.406 e. The van der Waals surface area contributed by atoms with Crippen LogP contribution in [0.2, 0.25) is 0 Å². The molecule has 0 aliphatic heterocycles. The molecule has 0 radical (unpaired) electrons. The van der Waals surface area contributed by atoms with Crippen LogP contribution in [0.5, 0.6) is 5.75 Å². The van der Waals surface area contributed by atoms with Gasteiger partial charge in [0, 0.05) is 18.3 Å². The van der Waals surface area contributed by atoms with Gasteiger partial charge in [-0.05, 0) is 31.4 Å². The van der Waals surface area contributed by atoms with Gasteiger partial charge in [0.2, 0.25) is 0 Å². The SMILES string of the molecule is CC(O)CC(C)CNC(=O)Nc1cccc(OC(F)(F)F)c1. The normalized spacial score (nSPS) is 14.1. The summed E-state index contributed by atoms with van der Waals surface area (Å²) in [5.41, 5.74) is 0.183. The van der Waals surface area contributed by atoms with E-state index in [9.17, 15) is 23.1 Å². The van der Waals surface area contributed by atoms with Crippen LogP contribution < -0.4 is 15.4 Å². The Labute approximate surface area is 126 Å². The fraction of sp³-hybridized carbons (Fsp3) is 0.500. The van der Waals surface area contributed by atoms with Crippen LogP contribution in [0.25, 0.3) is 0 Å². The van der Waals surface area contributed by atoms with Crippen molar-refractivity contribution in [1.82, 2.24) is 5.32 Å². The smallest absolute Gasteiger partial charge is 0.406 e. The average Bonchev–Trinajstić information content (AvgIpc) is 2.34. The Bertz CT molecular complexity index is 492. The van der Waals surface area contributed by atoms with E-state index in [4.69, 9.17) is 0 Å². The molecule has 0 saturated heterocycles. The van der Waals surface area contributed by atoms with Gasteiger partial charge in [-0.3, -0.25) is 0 Å². The molecule has 1 aromatic rings. The molecule has 124 valence electrons. The van der Waals surface area contributed by atoms with Crippen LogP contribution in [0.1, 0.15) is 20.3 Å². The van der Waals surface area contributed by atoms with Crippen molar-refractivity contribution in [2.45, 2.75) is 32.7 Å². The summed E-state index contributed by atoms with van der Waals surface area (Å²) in [4.78, 5) is 11.7. The number of alkyl halides is 3. The summed E-state index contributed by atoms with van der Waals surface area (Å²) < 4.78 is 40.1. The van der Waals surface area contributed by atoms with Crippen LogP contribution in [0.3, 0.4) is 0 Å². The van der Waals surface area contributed by atoms with Gasteiger partial charge in [0.25, 0.3) is 0 Å². The van der Waals surface area contributed by atoms with E-state index >= 15 is 0 Å². The number of hydrogen-bond acceptors (Lipinski definition) is 3. The monoisotopic (exact) mass is 320 g/mol. The highest BCUT2D eigenvalue weighted by atomic mass is 19.4. The molecule has 0 bridgehead atoms. The molecule has 5 nitrogen and oxygen atoms in total. The second-order valence-corrected chi connectivity index (χ2v) is 5.10. The molecule has 0 aromatic heterocycles. The minimum atomic E-state index is -4.78. The van der Waals surface area contributed by atoms with E-state index in [1.165, 1.54) is 12.1 Å². The van der Waals surface area contributed by atoms with Gasteiger partial charge in [0.15, 0.2) is 0 Å². The van der Waals surface area contributed by atoms with Gasteiger partial charge < -0.3 is 20.5 Å². The summed E-state index contributed by atoms with van der Waals surface area (Å²) in [6, 6.07) is 4.46. The van der Waals surface area contributed by atoms with Crippen LogP contribution in [0.4, 0.5) is 23.7 Å². The Kier molecular flexibility index (Phi) is 6.48. The number of carbonyl (C=O) groups excluding carboxylic acids is 1. The maximum atomic E-state index is 12.1. The number of amides is 2. The van der Waals surface area contributed by atoms with Crippen molar-refractivity contribution in [3.63, 3.8) is 0 Å². The fourth-order valence-electron chi connectivity index (χ4n) is 1.88. The molecule has 2 atom stereocenters. The molecule has 0 heterocycles. The average molecular weight is 320 g/mol. The van der Waals surface area contributed by atoms with Crippen LogP contribution in [-0.4, -0.2) is 30.1 Å². The molecule has 1 aromatic carbocycles. The van der Waals surface area contributed by atoms with Gasteiger partial charge in [-0.15, -0.1) is 13.2 Å². The van der Waals surface area contributed by atoms with Gasteiger partial charge in [-0.2, -0.15) is 0 Å². The molecular weight excluding hydrogens is 301 g/mol. The van der Waals surface area contributed by atoms with Crippen molar-refractivity contribution in [2.24, 2.45) is 5.92 Å². The van der Waals surface area contributed by atoms with E-state index in [0.717, 1.165) is 12.1 Å². The zero-order valence-electron chi connectivity index (χ0n) is 12.3. The van der Waals surface area contributed by atoms with E-state index in [1.54, 1.807) is 6.92 Å². The number of carbonyl (C=O) groups is 1. The first-order valence-corrected chi connectivity index (χ1v) is 6.74. The Morgan fingerprint density at radius 2 is 2.05 bits per heavy atom. The van der Waals surface area contributed by atoms with E-state index in [0.29, 0.717) is 13.0 Å². The number of hydrogen-bond donors (Lipinski definition) is 3. The van der Waals surface area contributed by atoms with Gasteiger partial charge in [-0.1, -0.05) is 13.0 Å². The third-order valence-corrected chi connectivity index (χ3v) is 2.68. The number of aliphatic hydroxyl groups excluding tert-OH is 1. The number of aliphatic hydroxyl groups is 1. The van der Waals surface area contributed by atoms with E-state index in [2.05, 4.69) is 15.4 Å². The number of halogens is 3. The highest BCUT2D eigenvalue weighted by Crippen LogP contribution is 2.24. The van der Waals surface area contributed by atoms with Gasteiger partial charge >= 0.3 is 12.4 Å². The lowest BCUT2D eigenvalue weighted by molar-refractivity contribution is -0.274. The summed E-state index contributed by atoms with van der Waals surface area (Å²) in [5, 5.41) is 14.2. The minimum absolute atomic E-state index is 0.0747. The summed E-state index contributed by atoms with van der Waals surface area (Å²) in [6.07, 6.45) is -4.71. The summed E-state index contributed by atoms with van der Waals surface area (Å²) in [6.45, 7) is 3.86. The third kappa shape index (κ3) is 7.72. The molecule has 22 heavy (non-hydrogen) atoms. The Hall–Kier alpha value is -1.96. The molecule has 0 aliphatic rings. The lowest BCUT2D eigenvalue weighted by Crippen LogP contribution is -2.33. The van der Waals surface area contributed by atoms with Crippen LogP contribution in [0, 0.1) is 5.92 Å². The maximum Gasteiger partial charge on any atom is 0.573 e. The second-order valence-electron chi connectivity index (χ2n) is 5.10. The molecule has 0 spiro atoms. The molecule has 1 rings (SSSR count). The number of rotatable bonds is 6. The molecule has 3 N–H and O–H groups in total. The molecular formula is C14H19F3N2O3. The van der Waals surface area contributed by atoms with Crippen molar-refractivity contribution >= 4 is 11.7 Å². The largest absolute Gasteiger partial charge is 0.573 e. The van der Waals surface area contributed by atoms with Crippen molar-refractivity contribution in [3.05, 3.63) is 24.3 Å². The van der Waals surface area contributed by atoms with Gasteiger partial charge in [0.05, 0.1) is 6.10 Å². The first kappa shape index (κ1) is 18.1. The summed E-state index contributed by atoms with van der Waals surface area (Å²) >= 11 is 0. The van der Waals surface area contributed by atoms with Crippen LogP contribution in [-0.2, 0) is 0 Å². The van der Waals surface area contributed by atoms with Crippen molar-refractivity contribution < 1.29 is 27.8 Å². The highest BCUT2D eigenvalue weighted by Gasteiger charge is 2.31. The van der Waals surface area contributed by atoms with Gasteiger partial charge in [-0.25, -0.2) is 4.79 Å². The van der Waals surface area contributed by atoms with E-state index < -0.39 is 24.2 Å². The highest BCUT2D eigenvalue weighted by molar-refractivity contribution is 5.89. The van der Waals surface area contributed by atoms with Crippen LogP contribution >= 0.6 is 0 Å². The Morgan fingerprint density at radius 3 is 2.64 bits per heavy atom. The number of anilines is 1. The van der Waals surface area contributed by atoms with Crippen molar-refractivity contribution in [2.75, 3.05) is 11.9 Å². The van der Waals surface area contributed by atoms with E-state index in [-0.39, 0.29) is 11.6 Å². The zero-order chi connectivity index (χ0) is 16.8. The fourth-order valence-corrected chi connectivity index (χ4v) is 1.88. The standard InChI is InChI=1S/C14H19F3N2O3/c1-9(6-10(2)20)8-18-13(21)19-11-4-3-5-12(7-11)22-14(15,16)17/h3-5,7,9-10,20H,6,8H2,1-2H3,(H2,18,19,21). The lowest BCUT2D eigenvalue weighted by Gasteiger charge is -2.15. The number of nitrogens with one attached hydrogen (secondary N) is 2. The lowest BCUT2D eigenvalue weighted by atomic mass is 10.1. The molecule has 0 saturated carbocycles. The zero-order valence-corrected chi connectivity index (χ0v) is 12.3. The predicted molar refractivity (Wildman–Crippen MR) is 75.6 cm³/mol. The molecule has 0 aliphatic carbocycles. The molecule has 8 heteroatoms. The van der Waals surface area contributed by atoms with Crippen LogP contribution in [0.15, 0.2) is 24.3 Å². The summed E-state index contributed by atoms with van der Waals surface area (Å²) in [7, 11) is 0. The van der Waals surface area contributed by atoms with Gasteiger partial charge in [0.1, 0.15) is 5.75 Å². The quantitative estimate of drug-likeness (QED) is 0.754. The maximum absolute atomic E-state index is 12.1. The second kappa shape index (κ2) is 7.88. The topological polar surface area (TPSA) is 70.6 Å². The molecule has 2 amide bonds. The predicted octanol–water partition coefficient (Wildman–Crippen LogP) is 3.11. The first-order valence-electron chi connectivity index (χ1n) is 6.74. The number of urea groups is 1. The van der Waals surface area contributed by atoms with E-state index in [1.807, 2.05) is 6.92 Å². The third-order valence-electron chi connectivity index (χ3n) is 2.68. The van der Waals surface area contributed by atoms with Crippen molar-refractivity contribution in [1.29, 1.82) is 0 Å². The Morgan fingerprint density at radius 1 is 1.36 bits per heavy atom.